The molecular formula is C26H25BrN2O2. The second kappa shape index (κ2) is 12.4. The number of halogens is 1. The second-order valence-corrected chi connectivity index (χ2v) is 8.19. The second-order valence-electron chi connectivity index (χ2n) is 6.94. The average molecular weight is 477 g/mol. The van der Waals surface area contributed by atoms with Gasteiger partial charge in [-0.2, -0.15) is 5.26 Å². The molecule has 0 spiro atoms. The molecule has 0 radical (unpaired) electrons. The topological polar surface area (TPSA) is 65.9 Å². The van der Waals surface area contributed by atoms with E-state index in [0.717, 1.165) is 21.7 Å². The minimum absolute atomic E-state index is 0.0959. The number of ether oxygens (including phenoxy) is 1. The molecule has 158 valence electrons. The normalized spacial score (nSPS) is 11.9. The summed E-state index contributed by atoms with van der Waals surface area (Å²) in [7, 11) is 0. The number of H-pyrrole nitrogens is 1. The number of nitrogens with one attached hydrogen (secondary N) is 1. The van der Waals surface area contributed by atoms with Crippen LogP contribution in [-0.2, 0) is 0 Å². The molecular weight excluding hydrogens is 452 g/mol. The van der Waals surface area contributed by atoms with Crippen molar-refractivity contribution in [3.05, 3.63) is 117 Å². The van der Waals surface area contributed by atoms with Gasteiger partial charge in [-0.3, -0.25) is 4.79 Å². The molecule has 3 aromatic rings. The molecule has 0 saturated heterocycles. The van der Waals surface area contributed by atoms with Crippen molar-refractivity contribution in [3.8, 4) is 17.6 Å². The smallest absolute Gasteiger partial charge is 0.199 e. The standard InChI is InChI=1S/C13H13BrN2O.C13H12O/c1-9(4-3-5-10(2)14)12-6-13(17)11(7-15)8-16-12;1-11-6-5-9-13(10-11)14-12-7-3-2-4-8-12/h3-6,8-9H,1-2H3,(H,16,17);2-10H,1H3/b4-3-,10-5+;. The number of aryl methyl sites for hydroxylation is 1. The van der Waals surface area contributed by atoms with Crippen molar-refractivity contribution in [1.82, 2.24) is 4.98 Å². The van der Waals surface area contributed by atoms with Crippen LogP contribution < -0.4 is 10.2 Å². The van der Waals surface area contributed by atoms with Gasteiger partial charge in [-0.1, -0.05) is 71.4 Å². The first-order valence-corrected chi connectivity index (χ1v) is 10.6. The first-order chi connectivity index (χ1) is 14.9. The van der Waals surface area contributed by atoms with E-state index in [1.807, 2.05) is 86.7 Å². The lowest BCUT2D eigenvalue weighted by Gasteiger charge is -2.05. The summed E-state index contributed by atoms with van der Waals surface area (Å²) in [5, 5.41) is 8.65. The van der Waals surface area contributed by atoms with Gasteiger partial charge >= 0.3 is 0 Å². The van der Waals surface area contributed by atoms with Gasteiger partial charge in [0.2, 0.25) is 0 Å². The zero-order valence-corrected chi connectivity index (χ0v) is 19.4. The summed E-state index contributed by atoms with van der Waals surface area (Å²) >= 11 is 3.33. The number of hydrogen-bond acceptors (Lipinski definition) is 3. The van der Waals surface area contributed by atoms with Crippen LogP contribution in [0, 0.1) is 18.3 Å². The summed E-state index contributed by atoms with van der Waals surface area (Å²) in [6.07, 6.45) is 7.28. The monoisotopic (exact) mass is 476 g/mol. The predicted molar refractivity (Wildman–Crippen MR) is 130 cm³/mol. The highest BCUT2D eigenvalue weighted by molar-refractivity contribution is 9.11. The number of hydrogen-bond donors (Lipinski definition) is 1. The Bertz CT molecular complexity index is 1140. The quantitative estimate of drug-likeness (QED) is 0.403. The number of allylic oxidation sites excluding steroid dienone is 4. The lowest BCUT2D eigenvalue weighted by atomic mass is 10.1. The predicted octanol–water partition coefficient (Wildman–Crippen LogP) is 6.99. The van der Waals surface area contributed by atoms with Gasteiger partial charge < -0.3 is 9.72 Å². The lowest BCUT2D eigenvalue weighted by molar-refractivity contribution is 0.482. The first kappa shape index (κ1) is 23.9. The Morgan fingerprint density at radius 1 is 1.13 bits per heavy atom. The number of para-hydroxylation sites is 1. The largest absolute Gasteiger partial charge is 0.457 e. The van der Waals surface area contributed by atoms with Crippen LogP contribution in [0.3, 0.4) is 0 Å². The van der Waals surface area contributed by atoms with Crippen molar-refractivity contribution in [2.75, 3.05) is 0 Å². The van der Waals surface area contributed by atoms with Gasteiger partial charge in [0.1, 0.15) is 23.1 Å². The highest BCUT2D eigenvalue weighted by atomic mass is 79.9. The van der Waals surface area contributed by atoms with E-state index in [1.165, 1.54) is 17.8 Å². The molecule has 0 aliphatic heterocycles. The van der Waals surface area contributed by atoms with Crippen molar-refractivity contribution >= 4 is 15.9 Å². The van der Waals surface area contributed by atoms with E-state index in [1.54, 1.807) is 0 Å². The Balaban J connectivity index is 0.000000224. The Morgan fingerprint density at radius 2 is 1.84 bits per heavy atom. The van der Waals surface area contributed by atoms with Crippen molar-refractivity contribution < 1.29 is 4.74 Å². The zero-order chi connectivity index (χ0) is 22.6. The molecule has 1 heterocycles. The molecule has 0 amide bonds. The molecule has 5 heteroatoms. The molecule has 3 rings (SSSR count). The fraction of sp³-hybridized carbons (Fsp3) is 0.154. The number of aromatic nitrogens is 1. The first-order valence-electron chi connectivity index (χ1n) is 9.82. The van der Waals surface area contributed by atoms with Crippen LogP contribution in [0.15, 0.2) is 94.4 Å². The number of benzene rings is 2. The minimum Gasteiger partial charge on any atom is -0.457 e. The number of nitriles is 1. The molecule has 0 bridgehead atoms. The molecule has 1 atom stereocenters. The molecule has 1 aromatic heterocycles. The summed E-state index contributed by atoms with van der Waals surface area (Å²) in [6.45, 7) is 5.97. The number of nitrogens with zero attached hydrogens (tertiary/aromatic N) is 1. The number of aromatic amines is 1. The molecule has 1 N–H and O–H groups in total. The van der Waals surface area contributed by atoms with Gasteiger partial charge in [0.15, 0.2) is 5.43 Å². The molecule has 0 aliphatic carbocycles. The van der Waals surface area contributed by atoms with Crippen LogP contribution in [-0.4, -0.2) is 4.98 Å². The molecule has 2 aromatic carbocycles. The van der Waals surface area contributed by atoms with E-state index in [9.17, 15) is 4.79 Å². The van der Waals surface area contributed by atoms with Gasteiger partial charge in [-0.15, -0.1) is 0 Å². The van der Waals surface area contributed by atoms with Crippen LogP contribution in [0.25, 0.3) is 0 Å². The molecule has 4 nitrogen and oxygen atoms in total. The van der Waals surface area contributed by atoms with Crippen LogP contribution >= 0.6 is 15.9 Å². The fourth-order valence-electron chi connectivity index (χ4n) is 2.60. The van der Waals surface area contributed by atoms with Crippen molar-refractivity contribution in [1.29, 1.82) is 5.26 Å². The summed E-state index contributed by atoms with van der Waals surface area (Å²) < 4.78 is 6.70. The maximum absolute atomic E-state index is 11.5. The SMILES string of the molecule is C/C(Br)=C\C=C/C(C)c1cc(=O)c(C#N)c[nH]1.Cc1cccc(Oc2ccccc2)c1. The van der Waals surface area contributed by atoms with E-state index in [2.05, 4.69) is 33.9 Å². The summed E-state index contributed by atoms with van der Waals surface area (Å²) in [5.74, 6) is 1.85. The van der Waals surface area contributed by atoms with E-state index < -0.39 is 0 Å². The van der Waals surface area contributed by atoms with E-state index in [4.69, 9.17) is 10.00 Å². The third kappa shape index (κ3) is 8.49. The van der Waals surface area contributed by atoms with Crippen molar-refractivity contribution in [2.24, 2.45) is 0 Å². The Morgan fingerprint density at radius 3 is 2.45 bits per heavy atom. The van der Waals surface area contributed by atoms with Crippen LogP contribution in [0.2, 0.25) is 0 Å². The third-order valence-corrected chi connectivity index (χ3v) is 4.50. The Kier molecular flexibility index (Phi) is 9.54. The van der Waals surface area contributed by atoms with Gasteiger partial charge in [-0.05, 0) is 48.2 Å². The zero-order valence-electron chi connectivity index (χ0n) is 17.8. The maximum atomic E-state index is 11.5. The van der Waals surface area contributed by atoms with Crippen molar-refractivity contribution in [2.45, 2.75) is 26.7 Å². The van der Waals surface area contributed by atoms with Gasteiger partial charge in [-0.25, -0.2) is 0 Å². The number of rotatable bonds is 5. The van der Waals surface area contributed by atoms with Crippen LogP contribution in [0.5, 0.6) is 11.5 Å². The maximum Gasteiger partial charge on any atom is 0.199 e. The molecule has 1 unspecified atom stereocenters. The highest BCUT2D eigenvalue weighted by Crippen LogP contribution is 2.21. The van der Waals surface area contributed by atoms with E-state index >= 15 is 0 Å². The van der Waals surface area contributed by atoms with Gasteiger partial charge in [0.25, 0.3) is 0 Å². The number of pyridine rings is 1. The van der Waals surface area contributed by atoms with Crippen molar-refractivity contribution in [3.63, 3.8) is 0 Å². The fourth-order valence-corrected chi connectivity index (χ4v) is 2.75. The Labute approximate surface area is 191 Å². The van der Waals surface area contributed by atoms with Gasteiger partial charge in [0, 0.05) is 23.9 Å². The molecule has 0 saturated carbocycles. The molecule has 0 aliphatic rings. The van der Waals surface area contributed by atoms with E-state index in [-0.39, 0.29) is 16.9 Å². The minimum atomic E-state index is -0.242. The summed E-state index contributed by atoms with van der Waals surface area (Å²) in [5.41, 5.74) is 1.90. The third-order valence-electron chi connectivity index (χ3n) is 4.24. The van der Waals surface area contributed by atoms with Crippen LogP contribution in [0.1, 0.15) is 36.6 Å². The average Bonchev–Trinajstić information content (AvgIpc) is 2.74. The summed E-state index contributed by atoms with van der Waals surface area (Å²) in [4.78, 5) is 14.4. The highest BCUT2D eigenvalue weighted by Gasteiger charge is 2.04. The lowest BCUT2D eigenvalue weighted by Crippen LogP contribution is -2.08. The van der Waals surface area contributed by atoms with Crippen LogP contribution in [0.4, 0.5) is 0 Å². The molecule has 0 fully saturated rings. The Hall–Kier alpha value is -3.36. The summed E-state index contributed by atoms with van der Waals surface area (Å²) in [6, 6.07) is 21.1. The van der Waals surface area contributed by atoms with E-state index in [0.29, 0.717) is 0 Å². The molecule has 31 heavy (non-hydrogen) atoms. The van der Waals surface area contributed by atoms with Gasteiger partial charge in [0.05, 0.1) is 0 Å².